The molecule has 3 aromatic heterocycles. The van der Waals surface area contributed by atoms with Crippen LogP contribution in [0.5, 0.6) is 0 Å². The SMILES string of the molecule is CSN1CCC2(CCN(CCn3c(C#N)cc4c(C)c(CN5CCC(Nc6ncnc7sc(CC(F)(F)F)cc67)CC5)ccc43)CC2)C1. The van der Waals surface area contributed by atoms with Gasteiger partial charge < -0.3 is 14.8 Å². The molecular formula is C35H43F3N8S2. The Balaban J connectivity index is 0.951. The summed E-state index contributed by atoms with van der Waals surface area (Å²) in [6.45, 7) is 11.3. The number of hydrogen-bond donors (Lipinski definition) is 1. The van der Waals surface area contributed by atoms with E-state index in [1.165, 1.54) is 49.8 Å². The van der Waals surface area contributed by atoms with Crippen LogP contribution in [0, 0.1) is 23.7 Å². The van der Waals surface area contributed by atoms with E-state index in [1.807, 2.05) is 11.9 Å². The van der Waals surface area contributed by atoms with Crippen molar-refractivity contribution in [2.24, 2.45) is 5.41 Å². The molecule has 13 heteroatoms. The van der Waals surface area contributed by atoms with Gasteiger partial charge in [0.15, 0.2) is 0 Å². The van der Waals surface area contributed by atoms with Crippen molar-refractivity contribution < 1.29 is 13.2 Å². The fraction of sp³-hybridized carbons (Fsp3) is 0.571. The molecule has 8 nitrogen and oxygen atoms in total. The van der Waals surface area contributed by atoms with Crippen LogP contribution in [-0.4, -0.2) is 92.9 Å². The number of rotatable bonds is 9. The van der Waals surface area contributed by atoms with E-state index in [4.69, 9.17) is 0 Å². The van der Waals surface area contributed by atoms with Crippen LogP contribution in [0.4, 0.5) is 19.0 Å². The highest BCUT2D eigenvalue weighted by atomic mass is 32.2. The Labute approximate surface area is 288 Å². The number of hydrogen-bond acceptors (Lipinski definition) is 9. The van der Waals surface area contributed by atoms with Crippen molar-refractivity contribution in [3.63, 3.8) is 0 Å². The standard InChI is InChI=1S/C35H43F3N8S2/c1-24-25(21-44-10-5-26(6-11-44)42-32-30-18-28(19-35(36,37)38)48-33(30)41-23-40-32)3-4-31-29(24)17-27(20-39)46(31)16-15-43-12-7-34(8-13-43)9-14-45(22-34)47-2/h3-4,17-18,23,26H,5-16,19,21-22H2,1-2H3,(H,40,41,42). The summed E-state index contributed by atoms with van der Waals surface area (Å²) in [4.78, 5) is 14.5. The van der Waals surface area contributed by atoms with Crippen LogP contribution in [0.15, 0.2) is 30.6 Å². The smallest absolute Gasteiger partial charge is 0.367 e. The topological polar surface area (TPSA) is 76.2 Å². The minimum Gasteiger partial charge on any atom is -0.367 e. The summed E-state index contributed by atoms with van der Waals surface area (Å²) in [6.07, 6.45) is 4.09. The third-order valence-electron chi connectivity index (χ3n) is 10.9. The number of aryl methyl sites for hydroxylation is 1. The first-order valence-electron chi connectivity index (χ1n) is 16.9. The van der Waals surface area contributed by atoms with Crippen LogP contribution >= 0.6 is 23.3 Å². The van der Waals surface area contributed by atoms with Gasteiger partial charge in [0.2, 0.25) is 0 Å². The van der Waals surface area contributed by atoms with Crippen molar-refractivity contribution in [2.75, 3.05) is 57.4 Å². The summed E-state index contributed by atoms with van der Waals surface area (Å²) in [5.74, 6) is 0.614. The first kappa shape index (κ1) is 33.6. The second-order valence-electron chi connectivity index (χ2n) is 13.9. The molecule has 1 N–H and O–H groups in total. The van der Waals surface area contributed by atoms with E-state index in [9.17, 15) is 18.4 Å². The molecule has 0 atom stereocenters. The van der Waals surface area contributed by atoms with Gasteiger partial charge in [-0.25, -0.2) is 9.97 Å². The van der Waals surface area contributed by atoms with Crippen LogP contribution in [0.1, 0.15) is 53.8 Å². The van der Waals surface area contributed by atoms with E-state index in [-0.39, 0.29) is 10.9 Å². The molecule has 48 heavy (non-hydrogen) atoms. The second kappa shape index (κ2) is 13.8. The number of fused-ring (bicyclic) bond motifs is 2. The van der Waals surface area contributed by atoms with Gasteiger partial charge in [-0.05, 0) is 93.1 Å². The average Bonchev–Trinajstić information content (AvgIpc) is 3.77. The van der Waals surface area contributed by atoms with Crippen molar-refractivity contribution in [1.82, 2.24) is 28.6 Å². The number of anilines is 1. The van der Waals surface area contributed by atoms with E-state index in [0.717, 1.165) is 86.6 Å². The number of nitrogens with zero attached hydrogens (tertiary/aromatic N) is 7. The molecule has 3 aliphatic heterocycles. The largest absolute Gasteiger partial charge is 0.393 e. The predicted octanol–water partition coefficient (Wildman–Crippen LogP) is 7.07. The number of nitriles is 1. The molecular weight excluding hydrogens is 654 g/mol. The van der Waals surface area contributed by atoms with E-state index < -0.39 is 12.6 Å². The van der Waals surface area contributed by atoms with E-state index in [2.05, 4.69) is 71.4 Å². The van der Waals surface area contributed by atoms with Crippen LogP contribution in [0.25, 0.3) is 21.1 Å². The number of nitrogens with one attached hydrogen (secondary N) is 1. The Morgan fingerprint density at radius 1 is 1.02 bits per heavy atom. The first-order valence-corrected chi connectivity index (χ1v) is 18.9. The lowest BCUT2D eigenvalue weighted by Crippen LogP contribution is -2.42. The molecule has 0 bridgehead atoms. The number of likely N-dealkylation sites (tertiary alicyclic amines) is 2. The molecule has 0 saturated carbocycles. The summed E-state index contributed by atoms with van der Waals surface area (Å²) >= 11 is 2.96. The summed E-state index contributed by atoms with van der Waals surface area (Å²) in [6, 6.07) is 10.7. The van der Waals surface area contributed by atoms with Crippen LogP contribution in [-0.2, 0) is 19.5 Å². The minimum atomic E-state index is -4.25. The number of aromatic nitrogens is 3. The summed E-state index contributed by atoms with van der Waals surface area (Å²) in [5, 5.41) is 15.4. The van der Waals surface area contributed by atoms with Crippen molar-refractivity contribution in [1.29, 1.82) is 5.26 Å². The van der Waals surface area contributed by atoms with Crippen molar-refractivity contribution in [3.8, 4) is 6.07 Å². The van der Waals surface area contributed by atoms with Crippen LogP contribution < -0.4 is 5.32 Å². The maximum absolute atomic E-state index is 13.0. The monoisotopic (exact) mass is 696 g/mol. The fourth-order valence-corrected chi connectivity index (χ4v) is 9.65. The lowest BCUT2D eigenvalue weighted by Gasteiger charge is -2.39. The van der Waals surface area contributed by atoms with Gasteiger partial charge in [0.1, 0.15) is 28.7 Å². The third-order valence-corrected chi connectivity index (χ3v) is 12.7. The first-order chi connectivity index (χ1) is 23.1. The lowest BCUT2D eigenvalue weighted by atomic mass is 9.78. The third kappa shape index (κ3) is 7.19. The Kier molecular flexibility index (Phi) is 9.65. The van der Waals surface area contributed by atoms with Gasteiger partial charge in [-0.15, -0.1) is 11.3 Å². The van der Waals surface area contributed by atoms with Crippen molar-refractivity contribution >= 4 is 50.2 Å². The number of benzene rings is 1. The molecule has 6 heterocycles. The minimum absolute atomic E-state index is 0.190. The van der Waals surface area contributed by atoms with Gasteiger partial charge in [-0.2, -0.15) is 18.4 Å². The molecule has 0 radical (unpaired) electrons. The van der Waals surface area contributed by atoms with Gasteiger partial charge in [-0.3, -0.25) is 9.21 Å². The maximum Gasteiger partial charge on any atom is 0.393 e. The Hall–Kier alpha value is -2.89. The van der Waals surface area contributed by atoms with Crippen molar-refractivity contribution in [2.45, 2.75) is 70.8 Å². The highest BCUT2D eigenvalue weighted by molar-refractivity contribution is 7.96. The fourth-order valence-electron chi connectivity index (χ4n) is 7.95. The molecule has 256 valence electrons. The van der Waals surface area contributed by atoms with Crippen LogP contribution in [0.3, 0.4) is 0 Å². The van der Waals surface area contributed by atoms with Crippen LogP contribution in [0.2, 0.25) is 0 Å². The van der Waals surface area contributed by atoms with Gasteiger partial charge in [0, 0.05) is 67.6 Å². The molecule has 3 aliphatic rings. The number of alkyl halides is 3. The highest BCUT2D eigenvalue weighted by Crippen LogP contribution is 2.42. The summed E-state index contributed by atoms with van der Waals surface area (Å²) in [7, 11) is 0. The molecule has 3 fully saturated rings. The number of halogens is 3. The van der Waals surface area contributed by atoms with E-state index in [0.29, 0.717) is 21.4 Å². The Bertz CT molecular complexity index is 1800. The highest BCUT2D eigenvalue weighted by Gasteiger charge is 2.40. The summed E-state index contributed by atoms with van der Waals surface area (Å²) < 4.78 is 43.6. The molecule has 0 aliphatic carbocycles. The zero-order valence-corrected chi connectivity index (χ0v) is 29.3. The molecule has 1 spiro atoms. The predicted molar refractivity (Wildman–Crippen MR) is 188 cm³/mol. The number of thiophene rings is 1. The number of piperidine rings is 2. The lowest BCUT2D eigenvalue weighted by molar-refractivity contribution is -0.126. The molecule has 1 aromatic carbocycles. The normalized spacial score (nSPS) is 19.9. The molecule has 3 saturated heterocycles. The van der Waals surface area contributed by atoms with Crippen molar-refractivity contribution in [3.05, 3.63) is 52.3 Å². The zero-order valence-electron chi connectivity index (χ0n) is 27.7. The van der Waals surface area contributed by atoms with Gasteiger partial charge in [0.05, 0.1) is 11.8 Å². The molecule has 7 rings (SSSR count). The quantitative estimate of drug-likeness (QED) is 0.186. The molecule has 4 aromatic rings. The summed E-state index contributed by atoms with van der Waals surface area (Å²) in [5.41, 5.74) is 4.88. The average molecular weight is 697 g/mol. The van der Waals surface area contributed by atoms with E-state index in [1.54, 1.807) is 6.07 Å². The Morgan fingerprint density at radius 3 is 2.50 bits per heavy atom. The maximum atomic E-state index is 13.0. The van der Waals surface area contributed by atoms with Gasteiger partial charge in [0.25, 0.3) is 0 Å². The molecule has 0 amide bonds. The molecule has 0 unspecified atom stereocenters. The zero-order chi connectivity index (χ0) is 33.5. The van der Waals surface area contributed by atoms with E-state index >= 15 is 0 Å². The van der Waals surface area contributed by atoms with Gasteiger partial charge in [-0.1, -0.05) is 18.0 Å². The van der Waals surface area contributed by atoms with Gasteiger partial charge >= 0.3 is 6.18 Å². The Morgan fingerprint density at radius 2 is 1.79 bits per heavy atom. The second-order valence-corrected chi connectivity index (χ2v) is 15.9.